The summed E-state index contributed by atoms with van der Waals surface area (Å²) >= 11 is 0. The lowest BCUT2D eigenvalue weighted by atomic mass is 10.0. The fourth-order valence-corrected chi connectivity index (χ4v) is 7.12. The Kier molecular flexibility index (Phi) is 7.62. The molecule has 2 aromatic rings. The number of methoxy groups -OCH3 is 2. The predicted octanol–water partition coefficient (Wildman–Crippen LogP) is 5.67. The molecule has 0 saturated heterocycles. The van der Waals surface area contributed by atoms with Crippen molar-refractivity contribution in [1.29, 1.82) is 0 Å². The molecule has 0 aliphatic rings. The minimum absolute atomic E-state index is 0.197. The summed E-state index contributed by atoms with van der Waals surface area (Å²) in [6.07, 6.45) is 0. The topological polar surface area (TPSA) is 40.5 Å². The monoisotopic (exact) mass is 432 g/mol. The molecule has 2 rings (SSSR count). The van der Waals surface area contributed by atoms with E-state index in [0.717, 1.165) is 28.3 Å². The first-order valence-electron chi connectivity index (χ1n) is 10.0. The molecule has 0 amide bonds. The fourth-order valence-electron chi connectivity index (χ4n) is 3.59. The lowest BCUT2D eigenvalue weighted by molar-refractivity contribution is 0.415. The van der Waals surface area contributed by atoms with Gasteiger partial charge in [0.05, 0.1) is 25.4 Å². The third-order valence-corrected chi connectivity index (χ3v) is 8.90. The van der Waals surface area contributed by atoms with Gasteiger partial charge in [-0.15, -0.1) is 0 Å². The number of ether oxygens (including phenoxy) is 2. The highest BCUT2D eigenvalue weighted by Crippen LogP contribution is 2.60. The van der Waals surface area contributed by atoms with Crippen molar-refractivity contribution >= 4 is 13.2 Å². The van der Waals surface area contributed by atoms with Crippen molar-refractivity contribution in [3.63, 3.8) is 0 Å². The van der Waals surface area contributed by atoms with Gasteiger partial charge in [0.1, 0.15) is 11.5 Å². The van der Waals surface area contributed by atoms with Crippen LogP contribution in [0.1, 0.15) is 20.8 Å². The SMILES string of the molecule is COc1ccc(-c2ccc(OC)c(N(C)P(=NC(C)(C)C)(N(C)C)N(C)C)c2)cc1. The van der Waals surface area contributed by atoms with Crippen LogP contribution >= 0.6 is 7.51 Å². The Hall–Kier alpha value is -2.01. The smallest absolute Gasteiger partial charge is 0.192 e. The van der Waals surface area contributed by atoms with Crippen molar-refractivity contribution in [2.24, 2.45) is 4.74 Å². The molecule has 2 aromatic carbocycles. The Labute approximate surface area is 182 Å². The zero-order chi connectivity index (χ0) is 22.7. The van der Waals surface area contributed by atoms with Crippen LogP contribution < -0.4 is 14.1 Å². The summed E-state index contributed by atoms with van der Waals surface area (Å²) < 4.78 is 23.1. The van der Waals surface area contributed by atoms with Gasteiger partial charge in [-0.05, 0) is 84.4 Å². The number of hydrogen-bond acceptors (Lipinski definition) is 3. The molecule has 7 heteroatoms. The van der Waals surface area contributed by atoms with Crippen LogP contribution in [0.4, 0.5) is 5.69 Å². The average Bonchev–Trinajstić information content (AvgIpc) is 2.70. The van der Waals surface area contributed by atoms with Crippen LogP contribution in [0.3, 0.4) is 0 Å². The van der Waals surface area contributed by atoms with E-state index in [1.54, 1.807) is 14.2 Å². The maximum absolute atomic E-state index is 5.76. The van der Waals surface area contributed by atoms with E-state index in [2.05, 4.69) is 94.3 Å². The van der Waals surface area contributed by atoms with Gasteiger partial charge >= 0.3 is 0 Å². The minimum Gasteiger partial charge on any atom is -0.497 e. The highest BCUT2D eigenvalue weighted by atomic mass is 31.2. The summed E-state index contributed by atoms with van der Waals surface area (Å²) in [7, 11) is 11.7. The highest BCUT2D eigenvalue weighted by Gasteiger charge is 2.34. The molecule has 0 aliphatic carbocycles. The standard InChI is InChI=1S/C23H37N4O2P/c1-23(2,3)24-30(25(4)5,26(6)7)27(8)21-17-19(13-16-22(21)29-10)18-11-14-20(28-9)15-12-18/h11-17H,1-10H3. The molecule has 0 radical (unpaired) electrons. The van der Waals surface area contributed by atoms with Crippen molar-refractivity contribution in [1.82, 2.24) is 9.34 Å². The van der Waals surface area contributed by atoms with E-state index in [1.807, 2.05) is 18.2 Å². The maximum atomic E-state index is 5.76. The predicted molar refractivity (Wildman–Crippen MR) is 130 cm³/mol. The number of hydrogen-bond donors (Lipinski definition) is 0. The van der Waals surface area contributed by atoms with Crippen LogP contribution in [0.25, 0.3) is 11.1 Å². The largest absolute Gasteiger partial charge is 0.497 e. The summed E-state index contributed by atoms with van der Waals surface area (Å²) in [5.74, 6) is 1.67. The van der Waals surface area contributed by atoms with Crippen molar-refractivity contribution < 1.29 is 9.47 Å². The lowest BCUT2D eigenvalue weighted by Crippen LogP contribution is -2.34. The summed E-state index contributed by atoms with van der Waals surface area (Å²) in [5, 5.41) is 0. The number of anilines is 1. The van der Waals surface area contributed by atoms with Gasteiger partial charge in [0.25, 0.3) is 0 Å². The van der Waals surface area contributed by atoms with E-state index < -0.39 is 7.51 Å². The van der Waals surface area contributed by atoms with E-state index in [4.69, 9.17) is 14.2 Å². The molecule has 0 aromatic heterocycles. The molecular formula is C23H37N4O2P. The van der Waals surface area contributed by atoms with E-state index in [-0.39, 0.29) is 5.54 Å². The first-order valence-corrected chi connectivity index (χ1v) is 11.6. The molecule has 0 unspecified atom stereocenters. The van der Waals surface area contributed by atoms with Gasteiger partial charge in [-0.1, -0.05) is 18.2 Å². The van der Waals surface area contributed by atoms with Crippen molar-refractivity contribution in [3.05, 3.63) is 42.5 Å². The minimum atomic E-state index is -2.21. The van der Waals surface area contributed by atoms with Crippen LogP contribution in [0.5, 0.6) is 11.5 Å². The van der Waals surface area contributed by atoms with Crippen LogP contribution in [0, 0.1) is 0 Å². The number of benzene rings is 2. The van der Waals surface area contributed by atoms with Gasteiger partial charge in [0.2, 0.25) is 0 Å². The first-order chi connectivity index (χ1) is 14.0. The Morgan fingerprint density at radius 2 is 1.30 bits per heavy atom. The molecule has 0 atom stereocenters. The van der Waals surface area contributed by atoms with E-state index in [1.165, 1.54) is 0 Å². The molecule has 0 saturated carbocycles. The summed E-state index contributed by atoms with van der Waals surface area (Å²) in [6, 6.07) is 14.4. The number of rotatable bonds is 7. The van der Waals surface area contributed by atoms with Gasteiger partial charge in [0, 0.05) is 7.05 Å². The normalized spacial score (nSPS) is 12.3. The zero-order valence-electron chi connectivity index (χ0n) is 20.1. The third-order valence-electron chi connectivity index (χ3n) is 4.86. The fraction of sp³-hybridized carbons (Fsp3) is 0.478. The van der Waals surface area contributed by atoms with E-state index >= 15 is 0 Å². The zero-order valence-corrected chi connectivity index (χ0v) is 21.0. The summed E-state index contributed by atoms with van der Waals surface area (Å²) in [4.78, 5) is 0. The molecule has 30 heavy (non-hydrogen) atoms. The van der Waals surface area contributed by atoms with Crippen molar-refractivity contribution in [2.75, 3.05) is 54.1 Å². The van der Waals surface area contributed by atoms with Crippen LogP contribution in [-0.2, 0) is 0 Å². The number of nitrogens with zero attached hydrogens (tertiary/aromatic N) is 4. The Bertz CT molecular complexity index is 890. The second-order valence-corrected chi connectivity index (χ2v) is 12.1. The molecular weight excluding hydrogens is 395 g/mol. The highest BCUT2D eigenvalue weighted by molar-refractivity contribution is 7.63. The van der Waals surface area contributed by atoms with Crippen LogP contribution in [-0.4, -0.2) is 64.3 Å². The lowest BCUT2D eigenvalue weighted by Gasteiger charge is -2.45. The van der Waals surface area contributed by atoms with Gasteiger partial charge in [-0.25, -0.2) is 9.34 Å². The Morgan fingerprint density at radius 1 is 0.767 bits per heavy atom. The van der Waals surface area contributed by atoms with Crippen LogP contribution in [0.2, 0.25) is 0 Å². The van der Waals surface area contributed by atoms with E-state index in [0.29, 0.717) is 0 Å². The van der Waals surface area contributed by atoms with Crippen molar-refractivity contribution in [2.45, 2.75) is 26.3 Å². The van der Waals surface area contributed by atoms with Gasteiger partial charge in [-0.2, -0.15) is 0 Å². The first kappa shape index (κ1) is 24.3. The average molecular weight is 433 g/mol. The van der Waals surface area contributed by atoms with E-state index in [9.17, 15) is 0 Å². The van der Waals surface area contributed by atoms with Gasteiger partial charge < -0.3 is 14.1 Å². The van der Waals surface area contributed by atoms with Gasteiger partial charge in [-0.3, -0.25) is 4.74 Å². The molecule has 0 heterocycles. The molecule has 0 fully saturated rings. The van der Waals surface area contributed by atoms with Crippen LogP contribution in [0.15, 0.2) is 47.2 Å². The molecule has 0 bridgehead atoms. The summed E-state index contributed by atoms with van der Waals surface area (Å²) in [6.45, 7) is 6.44. The third kappa shape index (κ3) is 5.00. The second kappa shape index (κ2) is 9.42. The molecule has 0 N–H and O–H groups in total. The van der Waals surface area contributed by atoms with Crippen molar-refractivity contribution in [3.8, 4) is 22.6 Å². The quantitative estimate of drug-likeness (QED) is 0.527. The molecule has 6 nitrogen and oxygen atoms in total. The molecule has 0 aliphatic heterocycles. The second-order valence-electron chi connectivity index (χ2n) is 8.64. The molecule has 0 spiro atoms. The Balaban J connectivity index is 2.70. The molecule has 166 valence electrons. The van der Waals surface area contributed by atoms with Gasteiger partial charge in [0.15, 0.2) is 7.51 Å². The maximum Gasteiger partial charge on any atom is 0.192 e. The summed E-state index contributed by atoms with van der Waals surface area (Å²) in [5.41, 5.74) is 3.05. The Morgan fingerprint density at radius 3 is 1.73 bits per heavy atom.